The number of anilines is 1. The average Bonchev–Trinajstić information content (AvgIpc) is 2.03. The maximum atomic E-state index is 10.7. The van der Waals surface area contributed by atoms with Gasteiger partial charge in [0.2, 0.25) is 5.91 Å². The topological polar surface area (TPSA) is 85.1 Å². The summed E-state index contributed by atoms with van der Waals surface area (Å²) in [4.78, 5) is 25.0. The monoisotopic (exact) mass is 178 g/mol. The van der Waals surface area contributed by atoms with Gasteiger partial charge in [0.15, 0.2) is 0 Å². The van der Waals surface area contributed by atoms with Crippen molar-refractivity contribution in [2.45, 2.75) is 6.92 Å². The fraction of sp³-hybridized carbons (Fsp3) is 0.125. The summed E-state index contributed by atoms with van der Waals surface area (Å²) >= 11 is 0. The zero-order valence-electron chi connectivity index (χ0n) is 7.00. The molecular formula is C8H8N3O2. The minimum Gasteiger partial charge on any atom is -0.364 e. The molecule has 2 amide bonds. The van der Waals surface area contributed by atoms with E-state index in [0.29, 0.717) is 5.82 Å². The summed E-state index contributed by atoms with van der Waals surface area (Å²) in [6.07, 6.45) is 0. The largest absolute Gasteiger partial charge is 0.364 e. The molecular weight excluding hydrogens is 170 g/mol. The molecule has 0 aliphatic heterocycles. The number of aromatic nitrogens is 1. The number of nitrogens with one attached hydrogen (secondary N) is 1. The first-order valence-corrected chi connectivity index (χ1v) is 3.55. The Morgan fingerprint density at radius 1 is 1.62 bits per heavy atom. The third-order valence-corrected chi connectivity index (χ3v) is 1.23. The molecule has 0 spiro atoms. The minimum absolute atomic E-state index is 0.00579. The lowest BCUT2D eigenvalue weighted by Crippen LogP contribution is -2.15. The van der Waals surface area contributed by atoms with Crippen molar-refractivity contribution in [3.63, 3.8) is 0 Å². The Morgan fingerprint density at radius 2 is 2.31 bits per heavy atom. The third-order valence-electron chi connectivity index (χ3n) is 1.23. The van der Waals surface area contributed by atoms with Crippen LogP contribution in [0.2, 0.25) is 0 Å². The molecule has 0 aliphatic carbocycles. The van der Waals surface area contributed by atoms with E-state index in [9.17, 15) is 9.59 Å². The van der Waals surface area contributed by atoms with E-state index in [2.05, 4.69) is 16.4 Å². The predicted molar refractivity (Wildman–Crippen MR) is 45.9 cm³/mol. The van der Waals surface area contributed by atoms with Crippen LogP contribution >= 0.6 is 0 Å². The fourth-order valence-electron chi connectivity index (χ4n) is 0.766. The lowest BCUT2D eigenvalue weighted by molar-refractivity contribution is -0.114. The number of pyridine rings is 1. The molecule has 0 atom stereocenters. The van der Waals surface area contributed by atoms with E-state index in [0.717, 1.165) is 0 Å². The summed E-state index contributed by atoms with van der Waals surface area (Å²) in [6, 6.07) is 5.54. The second kappa shape index (κ2) is 3.66. The highest BCUT2D eigenvalue weighted by Crippen LogP contribution is 2.02. The highest BCUT2D eigenvalue weighted by molar-refractivity contribution is 5.92. The SMILES string of the molecule is CC(=O)Nc1cc[c]c(C(N)=O)n1. The van der Waals surface area contributed by atoms with Crippen molar-refractivity contribution >= 4 is 17.6 Å². The third kappa shape index (κ3) is 2.55. The van der Waals surface area contributed by atoms with Crippen LogP contribution in [-0.4, -0.2) is 16.8 Å². The molecule has 3 N–H and O–H groups in total. The molecule has 1 aromatic heterocycles. The Balaban J connectivity index is 2.91. The smallest absolute Gasteiger partial charge is 0.268 e. The first-order chi connectivity index (χ1) is 6.09. The number of amides is 2. The van der Waals surface area contributed by atoms with Crippen molar-refractivity contribution in [1.29, 1.82) is 0 Å². The van der Waals surface area contributed by atoms with Crippen molar-refractivity contribution in [2.24, 2.45) is 5.73 Å². The van der Waals surface area contributed by atoms with Gasteiger partial charge in [0.25, 0.3) is 5.91 Å². The number of primary amides is 1. The Hall–Kier alpha value is -1.91. The minimum atomic E-state index is -0.674. The van der Waals surface area contributed by atoms with Crippen LogP contribution in [0.4, 0.5) is 5.82 Å². The molecule has 0 unspecified atom stereocenters. The quantitative estimate of drug-likeness (QED) is 0.665. The molecule has 13 heavy (non-hydrogen) atoms. The Bertz CT molecular complexity index is 349. The van der Waals surface area contributed by atoms with Crippen LogP contribution in [0.25, 0.3) is 0 Å². The molecule has 1 aromatic rings. The number of nitrogens with zero attached hydrogens (tertiary/aromatic N) is 1. The number of carbonyl (C=O) groups is 2. The van der Waals surface area contributed by atoms with Crippen LogP contribution in [0.1, 0.15) is 17.4 Å². The second-order valence-corrected chi connectivity index (χ2v) is 2.37. The van der Waals surface area contributed by atoms with Gasteiger partial charge >= 0.3 is 0 Å². The van der Waals surface area contributed by atoms with E-state index in [1.165, 1.54) is 19.1 Å². The highest BCUT2D eigenvalue weighted by Gasteiger charge is 2.03. The summed E-state index contributed by atoms with van der Waals surface area (Å²) in [7, 11) is 0. The summed E-state index contributed by atoms with van der Waals surface area (Å²) in [5.74, 6) is -0.638. The summed E-state index contributed by atoms with van der Waals surface area (Å²) in [5, 5.41) is 2.42. The summed E-state index contributed by atoms with van der Waals surface area (Å²) in [5.41, 5.74) is 4.97. The first-order valence-electron chi connectivity index (χ1n) is 3.55. The summed E-state index contributed by atoms with van der Waals surface area (Å²) in [6.45, 7) is 1.35. The van der Waals surface area contributed by atoms with E-state index >= 15 is 0 Å². The van der Waals surface area contributed by atoms with E-state index < -0.39 is 5.91 Å². The average molecular weight is 178 g/mol. The van der Waals surface area contributed by atoms with Crippen molar-refractivity contribution < 1.29 is 9.59 Å². The predicted octanol–water partition coefficient (Wildman–Crippen LogP) is -0.0609. The Morgan fingerprint density at radius 3 is 2.85 bits per heavy atom. The van der Waals surface area contributed by atoms with Gasteiger partial charge in [-0.1, -0.05) is 0 Å². The lowest BCUT2D eigenvalue weighted by Gasteiger charge is -2.00. The zero-order valence-corrected chi connectivity index (χ0v) is 7.00. The molecule has 0 saturated carbocycles. The van der Waals surface area contributed by atoms with Gasteiger partial charge in [0.05, 0.1) is 0 Å². The molecule has 0 aliphatic rings. The van der Waals surface area contributed by atoms with E-state index in [1.807, 2.05) is 0 Å². The molecule has 1 rings (SSSR count). The van der Waals surface area contributed by atoms with Crippen LogP contribution in [-0.2, 0) is 4.79 Å². The van der Waals surface area contributed by atoms with Gasteiger partial charge in [-0.2, -0.15) is 0 Å². The van der Waals surface area contributed by atoms with Crippen molar-refractivity contribution in [3.05, 3.63) is 23.9 Å². The Kier molecular flexibility index (Phi) is 2.59. The molecule has 0 saturated heterocycles. The number of nitrogens with two attached hydrogens (primary N) is 1. The zero-order chi connectivity index (χ0) is 9.84. The van der Waals surface area contributed by atoms with Crippen molar-refractivity contribution in [3.8, 4) is 0 Å². The van der Waals surface area contributed by atoms with Crippen LogP contribution in [0.5, 0.6) is 0 Å². The lowest BCUT2D eigenvalue weighted by atomic mass is 10.3. The molecule has 5 nitrogen and oxygen atoms in total. The van der Waals surface area contributed by atoms with Gasteiger partial charge in [0, 0.05) is 13.0 Å². The van der Waals surface area contributed by atoms with E-state index in [4.69, 9.17) is 5.73 Å². The van der Waals surface area contributed by atoms with Crippen LogP contribution in [0, 0.1) is 6.07 Å². The molecule has 0 bridgehead atoms. The summed E-state index contributed by atoms with van der Waals surface area (Å²) < 4.78 is 0. The maximum Gasteiger partial charge on any atom is 0.268 e. The molecule has 67 valence electrons. The molecule has 0 aromatic carbocycles. The standard InChI is InChI=1S/C8H8N3O2/c1-5(12)10-7-4-2-3-6(11-7)8(9)13/h2,4H,1H3,(H2,9,13)(H,10,11,12). The molecule has 1 radical (unpaired) electrons. The number of rotatable bonds is 2. The van der Waals surface area contributed by atoms with Gasteiger partial charge in [-0.05, 0) is 12.1 Å². The van der Waals surface area contributed by atoms with Gasteiger partial charge < -0.3 is 11.1 Å². The molecule has 0 fully saturated rings. The van der Waals surface area contributed by atoms with Crippen LogP contribution < -0.4 is 11.1 Å². The van der Waals surface area contributed by atoms with Crippen LogP contribution in [0.3, 0.4) is 0 Å². The normalized spacial score (nSPS) is 9.31. The number of hydrogen-bond donors (Lipinski definition) is 2. The Labute approximate surface area is 75.0 Å². The van der Waals surface area contributed by atoms with Gasteiger partial charge in [-0.15, -0.1) is 0 Å². The second-order valence-electron chi connectivity index (χ2n) is 2.37. The van der Waals surface area contributed by atoms with Gasteiger partial charge in [-0.3, -0.25) is 9.59 Å². The van der Waals surface area contributed by atoms with Crippen molar-refractivity contribution in [2.75, 3.05) is 5.32 Å². The number of hydrogen-bond acceptors (Lipinski definition) is 3. The van der Waals surface area contributed by atoms with E-state index in [-0.39, 0.29) is 11.6 Å². The first kappa shape index (κ1) is 9.18. The van der Waals surface area contributed by atoms with Gasteiger partial charge in [-0.25, -0.2) is 4.98 Å². The molecule has 1 heterocycles. The highest BCUT2D eigenvalue weighted by atomic mass is 16.2. The van der Waals surface area contributed by atoms with Crippen LogP contribution in [0.15, 0.2) is 12.1 Å². The fourth-order valence-corrected chi connectivity index (χ4v) is 0.766. The number of carbonyl (C=O) groups excluding carboxylic acids is 2. The van der Waals surface area contributed by atoms with E-state index in [1.54, 1.807) is 0 Å². The van der Waals surface area contributed by atoms with Gasteiger partial charge in [0.1, 0.15) is 11.5 Å². The maximum absolute atomic E-state index is 10.7. The van der Waals surface area contributed by atoms with Crippen molar-refractivity contribution in [1.82, 2.24) is 4.98 Å². The molecule has 5 heteroatoms.